The van der Waals surface area contributed by atoms with Gasteiger partial charge in [0, 0.05) is 39.3 Å². The Bertz CT molecular complexity index is 165. The van der Waals surface area contributed by atoms with Crippen molar-refractivity contribution >= 4 is 0 Å². The van der Waals surface area contributed by atoms with Crippen LogP contribution in [-0.4, -0.2) is 55.6 Å². The topological polar surface area (TPSA) is 32.5 Å². The smallest absolute Gasteiger partial charge is 0.0110 e. The van der Waals surface area contributed by atoms with E-state index in [1.165, 1.54) is 71.2 Å². The molecule has 3 nitrogen and oxygen atoms in total. The molecule has 0 saturated carbocycles. The highest BCUT2D eigenvalue weighted by Crippen LogP contribution is 2.07. The lowest BCUT2D eigenvalue weighted by atomic mass is 10.1. The van der Waals surface area contributed by atoms with Crippen LogP contribution in [0, 0.1) is 0 Å². The van der Waals surface area contributed by atoms with Crippen LogP contribution in [0.15, 0.2) is 0 Å². The highest BCUT2D eigenvalue weighted by Gasteiger charge is 2.14. The number of rotatable bonds is 9. The molecule has 0 radical (unpaired) electrons. The highest BCUT2D eigenvalue weighted by molar-refractivity contribution is 4.71. The number of nitrogens with two attached hydrogens (primary N) is 1. The van der Waals surface area contributed by atoms with E-state index >= 15 is 0 Å². The summed E-state index contributed by atoms with van der Waals surface area (Å²) in [5, 5.41) is 0. The van der Waals surface area contributed by atoms with Gasteiger partial charge >= 0.3 is 0 Å². The van der Waals surface area contributed by atoms with Gasteiger partial charge in [0.15, 0.2) is 0 Å². The second-order valence-electron chi connectivity index (χ2n) is 5.24. The molecule has 0 aliphatic carbocycles. The lowest BCUT2D eigenvalue weighted by Gasteiger charge is -2.34. The second kappa shape index (κ2) is 9.86. The number of hydrogen-bond acceptors (Lipinski definition) is 3. The summed E-state index contributed by atoms with van der Waals surface area (Å²) in [4.78, 5) is 5.10. The van der Waals surface area contributed by atoms with E-state index in [4.69, 9.17) is 5.73 Å². The van der Waals surface area contributed by atoms with Gasteiger partial charge in [-0.2, -0.15) is 0 Å². The van der Waals surface area contributed by atoms with Crippen molar-refractivity contribution < 1.29 is 0 Å². The first kappa shape index (κ1) is 14.9. The monoisotopic (exact) mass is 241 g/mol. The van der Waals surface area contributed by atoms with E-state index in [0.717, 1.165) is 13.1 Å². The fourth-order valence-electron chi connectivity index (χ4n) is 2.53. The Morgan fingerprint density at radius 2 is 1.29 bits per heavy atom. The summed E-state index contributed by atoms with van der Waals surface area (Å²) >= 11 is 0. The molecule has 0 aromatic heterocycles. The van der Waals surface area contributed by atoms with Crippen LogP contribution in [-0.2, 0) is 0 Å². The molecule has 1 saturated heterocycles. The number of hydrogen-bond donors (Lipinski definition) is 1. The zero-order valence-corrected chi connectivity index (χ0v) is 11.7. The molecule has 0 bridgehead atoms. The van der Waals surface area contributed by atoms with E-state index in [2.05, 4.69) is 16.7 Å². The molecule has 1 heterocycles. The molecule has 2 N–H and O–H groups in total. The van der Waals surface area contributed by atoms with Gasteiger partial charge in [0.25, 0.3) is 0 Å². The largest absolute Gasteiger partial charge is 0.329 e. The first-order valence-corrected chi connectivity index (χ1v) is 7.51. The first-order chi connectivity index (χ1) is 8.36. The van der Waals surface area contributed by atoms with Crippen LogP contribution >= 0.6 is 0 Å². The normalized spacial score (nSPS) is 18.7. The van der Waals surface area contributed by atoms with Crippen molar-refractivity contribution in [1.82, 2.24) is 9.80 Å². The second-order valence-corrected chi connectivity index (χ2v) is 5.24. The lowest BCUT2D eigenvalue weighted by Crippen LogP contribution is -2.47. The van der Waals surface area contributed by atoms with E-state index in [-0.39, 0.29) is 0 Å². The zero-order valence-electron chi connectivity index (χ0n) is 11.7. The quantitative estimate of drug-likeness (QED) is 0.626. The van der Waals surface area contributed by atoms with Crippen molar-refractivity contribution in [1.29, 1.82) is 0 Å². The Hall–Kier alpha value is -0.120. The van der Waals surface area contributed by atoms with E-state index < -0.39 is 0 Å². The summed E-state index contributed by atoms with van der Waals surface area (Å²) in [7, 11) is 0. The fraction of sp³-hybridized carbons (Fsp3) is 1.00. The average Bonchev–Trinajstić information content (AvgIpc) is 2.36. The Labute approximate surface area is 107 Å². The third-order valence-corrected chi connectivity index (χ3v) is 3.74. The maximum Gasteiger partial charge on any atom is 0.0110 e. The van der Waals surface area contributed by atoms with Gasteiger partial charge in [0.05, 0.1) is 0 Å². The molecule has 0 spiro atoms. The molecule has 1 aliphatic rings. The standard InChI is InChI=1S/C14H31N3/c1-2-3-4-5-6-7-9-16-11-13-17(10-8-15)14-12-16/h2-15H2,1H3. The number of piperazine rings is 1. The Balaban J connectivity index is 1.91. The molecule has 0 aromatic carbocycles. The van der Waals surface area contributed by atoms with Crippen molar-refractivity contribution in [2.45, 2.75) is 45.4 Å². The fourth-order valence-corrected chi connectivity index (χ4v) is 2.53. The molecule has 0 unspecified atom stereocenters. The maximum absolute atomic E-state index is 5.58. The van der Waals surface area contributed by atoms with Gasteiger partial charge in [-0.3, -0.25) is 4.90 Å². The summed E-state index contributed by atoms with van der Waals surface area (Å²) in [6.45, 7) is 10.4. The molecule has 0 atom stereocenters. The van der Waals surface area contributed by atoms with E-state index in [1.807, 2.05) is 0 Å². The first-order valence-electron chi connectivity index (χ1n) is 7.51. The van der Waals surface area contributed by atoms with Crippen molar-refractivity contribution in [2.75, 3.05) is 45.8 Å². The average molecular weight is 241 g/mol. The third-order valence-electron chi connectivity index (χ3n) is 3.74. The van der Waals surface area contributed by atoms with Crippen LogP contribution in [0.1, 0.15) is 45.4 Å². The van der Waals surface area contributed by atoms with Crippen LogP contribution in [0.4, 0.5) is 0 Å². The van der Waals surface area contributed by atoms with Crippen molar-refractivity contribution in [3.05, 3.63) is 0 Å². The molecule has 1 aliphatic heterocycles. The number of unbranched alkanes of at least 4 members (excludes halogenated alkanes) is 5. The maximum atomic E-state index is 5.58. The van der Waals surface area contributed by atoms with Crippen molar-refractivity contribution in [3.8, 4) is 0 Å². The summed E-state index contributed by atoms with van der Waals surface area (Å²) in [6, 6.07) is 0. The molecule has 0 aromatic rings. The van der Waals surface area contributed by atoms with Crippen LogP contribution in [0.5, 0.6) is 0 Å². The van der Waals surface area contributed by atoms with Crippen molar-refractivity contribution in [2.24, 2.45) is 5.73 Å². The van der Waals surface area contributed by atoms with E-state index in [0.29, 0.717) is 0 Å². The van der Waals surface area contributed by atoms with Crippen molar-refractivity contribution in [3.63, 3.8) is 0 Å². The van der Waals surface area contributed by atoms with Gasteiger partial charge < -0.3 is 10.6 Å². The van der Waals surface area contributed by atoms with Crippen LogP contribution < -0.4 is 5.73 Å². The van der Waals surface area contributed by atoms with Gasteiger partial charge in [-0.05, 0) is 13.0 Å². The third kappa shape index (κ3) is 7.02. The predicted molar refractivity (Wildman–Crippen MR) is 75.3 cm³/mol. The summed E-state index contributed by atoms with van der Waals surface area (Å²) in [6.07, 6.45) is 8.44. The molecule has 1 fully saturated rings. The van der Waals surface area contributed by atoms with Gasteiger partial charge in [-0.1, -0.05) is 39.0 Å². The Morgan fingerprint density at radius 1 is 0.765 bits per heavy atom. The Morgan fingerprint density at radius 3 is 1.88 bits per heavy atom. The minimum Gasteiger partial charge on any atom is -0.329 e. The van der Waals surface area contributed by atoms with Crippen LogP contribution in [0.3, 0.4) is 0 Å². The summed E-state index contributed by atoms with van der Waals surface area (Å²) in [5.41, 5.74) is 5.58. The van der Waals surface area contributed by atoms with Crippen LogP contribution in [0.25, 0.3) is 0 Å². The summed E-state index contributed by atoms with van der Waals surface area (Å²) in [5.74, 6) is 0. The minimum absolute atomic E-state index is 0.803. The molecular weight excluding hydrogens is 210 g/mol. The van der Waals surface area contributed by atoms with Crippen LogP contribution in [0.2, 0.25) is 0 Å². The lowest BCUT2D eigenvalue weighted by molar-refractivity contribution is 0.133. The predicted octanol–water partition coefficient (Wildman–Crippen LogP) is 1.92. The van der Waals surface area contributed by atoms with E-state index in [1.54, 1.807) is 0 Å². The van der Waals surface area contributed by atoms with Gasteiger partial charge in [-0.25, -0.2) is 0 Å². The SMILES string of the molecule is CCCCCCCCN1CCN(CCN)CC1. The zero-order chi connectivity index (χ0) is 12.3. The highest BCUT2D eigenvalue weighted by atomic mass is 15.3. The molecular formula is C14H31N3. The number of nitrogens with zero attached hydrogens (tertiary/aromatic N) is 2. The molecule has 102 valence electrons. The van der Waals surface area contributed by atoms with E-state index in [9.17, 15) is 0 Å². The molecule has 17 heavy (non-hydrogen) atoms. The molecule has 1 rings (SSSR count). The van der Waals surface area contributed by atoms with Gasteiger partial charge in [-0.15, -0.1) is 0 Å². The molecule has 0 amide bonds. The Kier molecular flexibility index (Phi) is 8.67. The van der Waals surface area contributed by atoms with Gasteiger partial charge in [0.2, 0.25) is 0 Å². The minimum atomic E-state index is 0.803. The van der Waals surface area contributed by atoms with Gasteiger partial charge in [0.1, 0.15) is 0 Å². The molecule has 3 heteroatoms. The summed E-state index contributed by atoms with van der Waals surface area (Å²) < 4.78 is 0.